The van der Waals surface area contributed by atoms with E-state index in [1.807, 2.05) is 0 Å². The maximum Gasteiger partial charge on any atom is 0.416 e. The van der Waals surface area contributed by atoms with Crippen molar-refractivity contribution in [2.75, 3.05) is 7.11 Å². The first-order chi connectivity index (χ1) is 14.0. The number of hydrogen-bond acceptors (Lipinski definition) is 3. The predicted octanol–water partition coefficient (Wildman–Crippen LogP) is 6.24. The SMILES string of the molecule is COC(=O)c1ccnc(-c2cccc(C(F)(F)F)c2)c1-c1cccc(C(F)(F)F)c1. The number of ether oxygens (including phenoxy) is 1. The summed E-state index contributed by atoms with van der Waals surface area (Å²) in [6.45, 7) is 0. The molecule has 3 nitrogen and oxygen atoms in total. The molecule has 0 fully saturated rings. The Hall–Kier alpha value is -3.36. The number of esters is 1. The minimum Gasteiger partial charge on any atom is -0.465 e. The Bertz CT molecular complexity index is 1090. The van der Waals surface area contributed by atoms with Crippen molar-refractivity contribution < 1.29 is 35.9 Å². The van der Waals surface area contributed by atoms with E-state index in [1.165, 1.54) is 24.4 Å². The molecule has 30 heavy (non-hydrogen) atoms. The lowest BCUT2D eigenvalue weighted by molar-refractivity contribution is -0.138. The van der Waals surface area contributed by atoms with Gasteiger partial charge in [0.1, 0.15) is 0 Å². The minimum atomic E-state index is -4.65. The van der Waals surface area contributed by atoms with E-state index in [0.29, 0.717) is 0 Å². The number of aromatic nitrogens is 1. The van der Waals surface area contributed by atoms with Crippen molar-refractivity contribution in [1.29, 1.82) is 0 Å². The molecule has 0 saturated heterocycles. The van der Waals surface area contributed by atoms with Crippen molar-refractivity contribution in [1.82, 2.24) is 4.98 Å². The van der Waals surface area contributed by atoms with Crippen LogP contribution in [0.25, 0.3) is 22.4 Å². The van der Waals surface area contributed by atoms with Crippen LogP contribution in [0.4, 0.5) is 26.3 Å². The molecule has 0 spiro atoms. The van der Waals surface area contributed by atoms with E-state index in [1.54, 1.807) is 0 Å². The van der Waals surface area contributed by atoms with Gasteiger partial charge in [-0.1, -0.05) is 24.3 Å². The van der Waals surface area contributed by atoms with Gasteiger partial charge in [0.25, 0.3) is 0 Å². The van der Waals surface area contributed by atoms with Crippen LogP contribution in [0.5, 0.6) is 0 Å². The van der Waals surface area contributed by atoms with Gasteiger partial charge < -0.3 is 4.74 Å². The number of benzene rings is 2. The fourth-order valence-electron chi connectivity index (χ4n) is 2.95. The Kier molecular flexibility index (Phi) is 5.56. The van der Waals surface area contributed by atoms with Crippen LogP contribution < -0.4 is 0 Å². The number of carbonyl (C=O) groups excluding carboxylic acids is 1. The predicted molar refractivity (Wildman–Crippen MR) is 96.5 cm³/mol. The molecule has 0 amide bonds. The Morgan fingerprint density at radius 1 is 0.833 bits per heavy atom. The second-order valence-electron chi connectivity index (χ2n) is 6.23. The molecule has 3 rings (SSSR count). The first-order valence-electron chi connectivity index (χ1n) is 8.45. The third-order valence-corrected chi connectivity index (χ3v) is 4.30. The van der Waals surface area contributed by atoms with Crippen LogP contribution in [0.15, 0.2) is 60.8 Å². The average Bonchev–Trinajstić information content (AvgIpc) is 2.71. The van der Waals surface area contributed by atoms with Gasteiger partial charge in [0.2, 0.25) is 0 Å². The molecule has 156 valence electrons. The fourth-order valence-corrected chi connectivity index (χ4v) is 2.95. The minimum absolute atomic E-state index is 0.0111. The molecule has 0 aliphatic heterocycles. The van der Waals surface area contributed by atoms with Crippen LogP contribution in [0.3, 0.4) is 0 Å². The molecule has 1 aromatic heterocycles. The molecule has 0 N–H and O–H groups in total. The summed E-state index contributed by atoms with van der Waals surface area (Å²) in [5.74, 6) is -0.863. The number of methoxy groups -OCH3 is 1. The van der Waals surface area contributed by atoms with Crippen molar-refractivity contribution >= 4 is 5.97 Å². The number of alkyl halides is 6. The topological polar surface area (TPSA) is 39.2 Å². The first-order valence-corrected chi connectivity index (χ1v) is 8.45. The Balaban J connectivity index is 2.31. The molecule has 0 unspecified atom stereocenters. The van der Waals surface area contributed by atoms with Crippen molar-refractivity contribution in [2.45, 2.75) is 12.4 Å². The summed E-state index contributed by atoms with van der Waals surface area (Å²) in [6, 6.07) is 9.51. The summed E-state index contributed by atoms with van der Waals surface area (Å²) in [4.78, 5) is 16.3. The molecule has 0 radical (unpaired) electrons. The van der Waals surface area contributed by atoms with Crippen LogP contribution in [0.1, 0.15) is 21.5 Å². The van der Waals surface area contributed by atoms with E-state index in [-0.39, 0.29) is 27.9 Å². The quantitative estimate of drug-likeness (QED) is 0.368. The highest BCUT2D eigenvalue weighted by Crippen LogP contribution is 2.39. The van der Waals surface area contributed by atoms with E-state index in [4.69, 9.17) is 4.74 Å². The van der Waals surface area contributed by atoms with Crippen molar-refractivity contribution in [3.63, 3.8) is 0 Å². The molecule has 0 aliphatic rings. The van der Waals surface area contributed by atoms with Crippen LogP contribution in [-0.4, -0.2) is 18.1 Å². The molecule has 3 aromatic rings. The molecule has 2 aromatic carbocycles. The van der Waals surface area contributed by atoms with E-state index in [2.05, 4.69) is 4.98 Å². The summed E-state index contributed by atoms with van der Waals surface area (Å²) in [5.41, 5.74) is -2.25. The van der Waals surface area contributed by atoms with Gasteiger partial charge >= 0.3 is 18.3 Å². The Labute approximate surface area is 166 Å². The standard InChI is InChI=1S/C21H13F6NO2/c1-30-19(29)16-8-9-28-18(13-5-3-7-15(11-13)21(25,26)27)17(16)12-4-2-6-14(10-12)20(22,23)24/h2-11H,1H3. The summed E-state index contributed by atoms with van der Waals surface area (Å²) >= 11 is 0. The molecule has 0 saturated carbocycles. The van der Waals surface area contributed by atoms with Crippen molar-refractivity contribution in [3.8, 4) is 22.4 Å². The fraction of sp³-hybridized carbons (Fsp3) is 0.143. The molecule has 0 atom stereocenters. The normalized spacial score (nSPS) is 12.0. The maximum absolute atomic E-state index is 13.2. The van der Waals surface area contributed by atoms with Crippen LogP contribution in [0.2, 0.25) is 0 Å². The van der Waals surface area contributed by atoms with Gasteiger partial charge in [0.15, 0.2) is 0 Å². The maximum atomic E-state index is 13.2. The molecule has 1 heterocycles. The zero-order chi connectivity index (χ0) is 22.1. The van der Waals surface area contributed by atoms with Crippen LogP contribution in [-0.2, 0) is 17.1 Å². The number of carbonyl (C=O) groups is 1. The second-order valence-corrected chi connectivity index (χ2v) is 6.23. The van der Waals surface area contributed by atoms with E-state index < -0.39 is 29.4 Å². The monoisotopic (exact) mass is 425 g/mol. The lowest BCUT2D eigenvalue weighted by Gasteiger charge is -2.16. The molecular weight excluding hydrogens is 412 g/mol. The Morgan fingerprint density at radius 3 is 1.90 bits per heavy atom. The van der Waals surface area contributed by atoms with Crippen LogP contribution in [0, 0.1) is 0 Å². The number of hydrogen-bond donors (Lipinski definition) is 0. The Morgan fingerprint density at radius 2 is 1.37 bits per heavy atom. The number of halogens is 6. The summed E-state index contributed by atoms with van der Waals surface area (Å²) in [7, 11) is 1.09. The number of pyridine rings is 1. The lowest BCUT2D eigenvalue weighted by atomic mass is 9.93. The van der Waals surface area contributed by atoms with Crippen LogP contribution >= 0.6 is 0 Å². The van der Waals surface area contributed by atoms with E-state index >= 15 is 0 Å². The highest BCUT2D eigenvalue weighted by atomic mass is 19.4. The van der Waals surface area contributed by atoms with Gasteiger partial charge in [-0.15, -0.1) is 0 Å². The first kappa shape index (κ1) is 21.4. The van der Waals surface area contributed by atoms with Gasteiger partial charge in [-0.25, -0.2) is 4.79 Å². The summed E-state index contributed by atoms with van der Waals surface area (Å²) in [5, 5.41) is 0. The molecule has 0 bridgehead atoms. The third-order valence-electron chi connectivity index (χ3n) is 4.30. The van der Waals surface area contributed by atoms with Gasteiger partial charge in [-0.05, 0) is 35.9 Å². The van der Waals surface area contributed by atoms with Gasteiger partial charge in [0, 0.05) is 17.3 Å². The third kappa shape index (κ3) is 4.29. The van der Waals surface area contributed by atoms with Gasteiger partial charge in [0.05, 0.1) is 29.5 Å². The highest BCUT2D eigenvalue weighted by Gasteiger charge is 2.32. The smallest absolute Gasteiger partial charge is 0.416 e. The van der Waals surface area contributed by atoms with Gasteiger partial charge in [-0.2, -0.15) is 26.3 Å². The van der Waals surface area contributed by atoms with Crippen molar-refractivity contribution in [2.24, 2.45) is 0 Å². The van der Waals surface area contributed by atoms with Gasteiger partial charge in [-0.3, -0.25) is 4.98 Å². The number of nitrogens with zero attached hydrogens (tertiary/aromatic N) is 1. The number of rotatable bonds is 3. The largest absolute Gasteiger partial charge is 0.465 e. The summed E-state index contributed by atoms with van der Waals surface area (Å²) in [6.07, 6.45) is -8.11. The molecule has 0 aliphatic carbocycles. The highest BCUT2D eigenvalue weighted by molar-refractivity contribution is 6.01. The second kappa shape index (κ2) is 7.81. The molecule has 9 heteroatoms. The summed E-state index contributed by atoms with van der Waals surface area (Å²) < 4.78 is 83.6. The zero-order valence-electron chi connectivity index (χ0n) is 15.3. The zero-order valence-corrected chi connectivity index (χ0v) is 15.3. The van der Waals surface area contributed by atoms with Crippen molar-refractivity contribution in [3.05, 3.63) is 77.5 Å². The lowest BCUT2D eigenvalue weighted by Crippen LogP contribution is -2.08. The van der Waals surface area contributed by atoms with E-state index in [0.717, 1.165) is 43.5 Å². The molecular formula is C21H13F6NO2. The average molecular weight is 425 g/mol. The van der Waals surface area contributed by atoms with E-state index in [9.17, 15) is 31.1 Å².